The molecule has 0 aromatic rings. The molecule has 0 rings (SSSR count). The smallest absolute Gasteiger partial charge is 0.356 e. The summed E-state index contributed by atoms with van der Waals surface area (Å²) >= 11 is 0. The summed E-state index contributed by atoms with van der Waals surface area (Å²) in [5.41, 5.74) is 1.77. The van der Waals surface area contributed by atoms with Crippen molar-refractivity contribution >= 4 is 0 Å². The lowest BCUT2D eigenvalue weighted by atomic mass is 11.3. The molecule has 0 saturated heterocycles. The van der Waals surface area contributed by atoms with Crippen LogP contribution in [0, 0.1) is 15.3 Å². The Balaban J connectivity index is 0. The maximum absolute atomic E-state index is 10.2. The van der Waals surface area contributed by atoms with E-state index in [1.54, 1.807) is 5.73 Å². The maximum Gasteiger partial charge on any atom is 0.556 e. The van der Waals surface area contributed by atoms with E-state index in [1.807, 2.05) is 0 Å². The maximum atomic E-state index is 10.2. The zero-order valence-electron chi connectivity index (χ0n) is 4.01. The molecule has 0 fully saturated rings. The van der Waals surface area contributed by atoms with E-state index in [9.17, 15) is 13.2 Å². The van der Waals surface area contributed by atoms with E-state index < -0.39 is 11.4 Å². The van der Waals surface area contributed by atoms with Gasteiger partial charge in [0.15, 0.2) is 0 Å². The Kier molecular flexibility index (Phi) is 4.69. The molecular formula is CH3F3N2O3. The first-order chi connectivity index (χ1) is 3.73. The average Bonchev–Trinajstić information content (AvgIpc) is 1.19. The molecule has 0 saturated carbocycles. The van der Waals surface area contributed by atoms with Gasteiger partial charge in [-0.25, -0.2) is 0 Å². The lowest BCUT2D eigenvalue weighted by Gasteiger charge is -1.83. The van der Waals surface area contributed by atoms with Gasteiger partial charge in [-0.15, -0.1) is 13.2 Å². The molecule has 5 nitrogen and oxygen atoms in total. The number of hydrogen-bond acceptors (Lipinski definition) is 3. The van der Waals surface area contributed by atoms with Gasteiger partial charge in [0.2, 0.25) is 0 Å². The summed E-state index contributed by atoms with van der Waals surface area (Å²) in [6.07, 6.45) is -4.25. The fourth-order valence-corrected chi connectivity index (χ4v) is 0. The van der Waals surface area contributed by atoms with Gasteiger partial charge in [-0.2, -0.15) is 0 Å². The summed E-state index contributed by atoms with van der Waals surface area (Å²) in [6, 6.07) is 0. The van der Waals surface area contributed by atoms with Gasteiger partial charge in [0.25, 0.3) is 0 Å². The second kappa shape index (κ2) is 3.89. The van der Waals surface area contributed by atoms with Gasteiger partial charge < -0.3 is 15.3 Å². The number of quaternary nitrogens is 1. The Morgan fingerprint density at radius 2 is 1.33 bits per heavy atom. The fourth-order valence-electron chi connectivity index (χ4n) is 0. The second-order valence-corrected chi connectivity index (χ2v) is 0.839. The van der Waals surface area contributed by atoms with Gasteiger partial charge in [-0.1, -0.05) is 0 Å². The minimum Gasteiger partial charge on any atom is -0.356 e. The van der Waals surface area contributed by atoms with Crippen LogP contribution in [-0.2, 0) is 0 Å². The molecule has 9 heavy (non-hydrogen) atoms. The molecule has 0 aliphatic rings. The highest BCUT2D eigenvalue weighted by Gasteiger charge is 2.23. The largest absolute Gasteiger partial charge is 0.556 e. The van der Waals surface area contributed by atoms with Gasteiger partial charge in [0, 0.05) is 0 Å². The summed E-state index contributed by atoms with van der Waals surface area (Å²) < 4.78 is 30.7. The fraction of sp³-hybridized carbons (Fsp3) is 1.00. The van der Waals surface area contributed by atoms with Crippen molar-refractivity contribution in [1.82, 2.24) is 0 Å². The predicted octanol–water partition coefficient (Wildman–Crippen LogP) is -0.491. The number of hydrogen-bond donors (Lipinski definition) is 1. The molecule has 8 heteroatoms. The second-order valence-electron chi connectivity index (χ2n) is 0.839. The summed E-state index contributed by atoms with van der Waals surface area (Å²) in [5.74, 6) is 0. The standard InChI is InChI=1S/CH2F3N.NO3/c2-1(3,4)5;2-1(3)4/h5H2;/q;-1/p+1. The van der Waals surface area contributed by atoms with E-state index in [-0.39, 0.29) is 0 Å². The third-order valence-electron chi connectivity index (χ3n) is 0. The molecule has 0 amide bonds. The first-order valence-corrected chi connectivity index (χ1v) is 1.47. The molecule has 0 unspecified atom stereocenters. The summed E-state index contributed by atoms with van der Waals surface area (Å²) in [7, 11) is 0. The molecule has 56 valence electrons. The number of nitrogens with zero attached hydrogens (tertiary/aromatic N) is 1. The lowest BCUT2D eigenvalue weighted by Crippen LogP contribution is -2.64. The molecule has 0 atom stereocenters. The van der Waals surface area contributed by atoms with Gasteiger partial charge in [0.1, 0.15) is 0 Å². The van der Waals surface area contributed by atoms with Crippen LogP contribution < -0.4 is 5.73 Å². The topological polar surface area (TPSA) is 93.8 Å². The van der Waals surface area contributed by atoms with Gasteiger partial charge in [0.05, 0.1) is 5.09 Å². The van der Waals surface area contributed by atoms with E-state index in [0.717, 1.165) is 0 Å². The molecule has 0 radical (unpaired) electrons. The predicted molar refractivity (Wildman–Crippen MR) is 19.3 cm³/mol. The molecular weight excluding hydrogens is 145 g/mol. The molecule has 0 aliphatic carbocycles. The highest BCUT2D eigenvalue weighted by molar-refractivity contribution is 4.03. The van der Waals surface area contributed by atoms with Crippen molar-refractivity contribution in [2.24, 2.45) is 0 Å². The quantitative estimate of drug-likeness (QED) is 0.285. The molecule has 3 N–H and O–H groups in total. The minimum atomic E-state index is -4.25. The Morgan fingerprint density at radius 3 is 1.33 bits per heavy atom. The first-order valence-electron chi connectivity index (χ1n) is 1.47. The molecule has 0 aliphatic heterocycles. The van der Waals surface area contributed by atoms with E-state index in [0.29, 0.717) is 0 Å². The summed E-state index contributed by atoms with van der Waals surface area (Å²) in [6.45, 7) is 0. The molecule has 0 aromatic carbocycles. The van der Waals surface area contributed by atoms with E-state index >= 15 is 0 Å². The zero-order chi connectivity index (χ0) is 8.08. The van der Waals surface area contributed by atoms with Crippen LogP contribution in [0.5, 0.6) is 0 Å². The Bertz CT molecular complexity index is 79.5. The van der Waals surface area contributed by atoms with Crippen molar-refractivity contribution in [3.8, 4) is 0 Å². The zero-order valence-corrected chi connectivity index (χ0v) is 4.01. The average molecular weight is 148 g/mol. The van der Waals surface area contributed by atoms with E-state index in [1.165, 1.54) is 0 Å². The van der Waals surface area contributed by atoms with Crippen LogP contribution >= 0.6 is 0 Å². The van der Waals surface area contributed by atoms with Gasteiger partial charge >= 0.3 is 6.30 Å². The monoisotopic (exact) mass is 148 g/mol. The van der Waals surface area contributed by atoms with Crippen molar-refractivity contribution in [2.75, 3.05) is 0 Å². The number of rotatable bonds is 0. The SMILES string of the molecule is O=[N+]([O-])[O-].[NH3+]C(F)(F)F. The summed E-state index contributed by atoms with van der Waals surface area (Å²) in [5, 5.41) is 14.8. The van der Waals surface area contributed by atoms with Crippen LogP contribution in [-0.4, -0.2) is 11.4 Å². The Labute approximate surface area is 47.0 Å². The van der Waals surface area contributed by atoms with Crippen LogP contribution in [0.15, 0.2) is 0 Å². The highest BCUT2D eigenvalue weighted by Crippen LogP contribution is 1.98. The van der Waals surface area contributed by atoms with Crippen molar-refractivity contribution in [2.45, 2.75) is 6.30 Å². The van der Waals surface area contributed by atoms with Crippen LogP contribution in [0.3, 0.4) is 0 Å². The normalized spacial score (nSPS) is 9.33. The summed E-state index contributed by atoms with van der Waals surface area (Å²) in [4.78, 5) is 8.25. The molecule has 0 bridgehead atoms. The van der Waals surface area contributed by atoms with E-state index in [2.05, 4.69) is 0 Å². The van der Waals surface area contributed by atoms with Crippen molar-refractivity contribution in [3.63, 3.8) is 0 Å². The van der Waals surface area contributed by atoms with Crippen LogP contribution in [0.25, 0.3) is 0 Å². The number of alkyl halides is 3. The van der Waals surface area contributed by atoms with Gasteiger partial charge in [-0.05, 0) is 0 Å². The Morgan fingerprint density at radius 1 is 1.33 bits per heavy atom. The van der Waals surface area contributed by atoms with Crippen molar-refractivity contribution < 1.29 is 24.0 Å². The first kappa shape index (κ1) is 10.8. The number of halogens is 3. The van der Waals surface area contributed by atoms with E-state index in [4.69, 9.17) is 15.3 Å². The lowest BCUT2D eigenvalue weighted by molar-refractivity contribution is -0.618. The molecule has 0 aromatic heterocycles. The Hall–Kier alpha value is -1.05. The van der Waals surface area contributed by atoms with Crippen LogP contribution in [0.4, 0.5) is 13.2 Å². The van der Waals surface area contributed by atoms with Crippen molar-refractivity contribution in [3.05, 3.63) is 15.3 Å². The highest BCUT2D eigenvalue weighted by atomic mass is 19.4. The van der Waals surface area contributed by atoms with Crippen LogP contribution in [0.1, 0.15) is 0 Å². The third kappa shape index (κ3) is 154. The van der Waals surface area contributed by atoms with Crippen LogP contribution in [0.2, 0.25) is 0 Å². The third-order valence-corrected chi connectivity index (χ3v) is 0. The minimum absolute atomic E-state index is 1.75. The molecule has 0 spiro atoms. The molecule has 0 heterocycles. The van der Waals surface area contributed by atoms with Crippen molar-refractivity contribution in [1.29, 1.82) is 0 Å². The van der Waals surface area contributed by atoms with Gasteiger partial charge in [-0.3, -0.25) is 5.73 Å².